The van der Waals surface area contributed by atoms with Crippen LogP contribution in [0.3, 0.4) is 0 Å². The van der Waals surface area contributed by atoms with E-state index in [0.717, 1.165) is 34.2 Å². The summed E-state index contributed by atoms with van der Waals surface area (Å²) in [6.07, 6.45) is 0. The monoisotopic (exact) mass is 325 g/mol. The Bertz CT molecular complexity index is 654. The number of aryl methyl sites for hydroxylation is 1. The van der Waals surface area contributed by atoms with Crippen LogP contribution in [-0.2, 0) is 6.54 Å². The molecule has 0 aliphatic carbocycles. The molecular weight excluding hydrogens is 305 g/mol. The molecule has 0 saturated carbocycles. The minimum absolute atomic E-state index is 0.0607. The molecule has 0 unspecified atom stereocenters. The highest BCUT2D eigenvalue weighted by Gasteiger charge is 2.13. The van der Waals surface area contributed by atoms with Crippen molar-refractivity contribution in [1.29, 1.82) is 0 Å². The molecule has 0 spiro atoms. The highest BCUT2D eigenvalue weighted by atomic mass is 35.5. The summed E-state index contributed by atoms with van der Waals surface area (Å²) in [7, 11) is 0. The number of aromatic nitrogens is 2. The first kappa shape index (κ1) is 16.3. The summed E-state index contributed by atoms with van der Waals surface area (Å²) < 4.78 is 1.82. The third-order valence-electron chi connectivity index (χ3n) is 3.29. The van der Waals surface area contributed by atoms with Gasteiger partial charge in [0, 0.05) is 17.1 Å². The molecule has 0 amide bonds. The molecular formula is C16H21Cl2N3. The molecule has 0 saturated heterocycles. The average molecular weight is 326 g/mol. The van der Waals surface area contributed by atoms with Gasteiger partial charge in [0.05, 0.1) is 22.1 Å². The lowest BCUT2D eigenvalue weighted by atomic mass is 10.1. The molecule has 0 atom stereocenters. The molecule has 21 heavy (non-hydrogen) atoms. The van der Waals surface area contributed by atoms with E-state index in [1.807, 2.05) is 36.7 Å². The van der Waals surface area contributed by atoms with Crippen LogP contribution in [0.25, 0.3) is 5.69 Å². The summed E-state index contributed by atoms with van der Waals surface area (Å²) >= 11 is 12.6. The molecule has 2 rings (SSSR count). The second-order valence-electron chi connectivity index (χ2n) is 6.28. The van der Waals surface area contributed by atoms with Gasteiger partial charge < -0.3 is 5.32 Å². The smallest absolute Gasteiger partial charge is 0.0848 e. The van der Waals surface area contributed by atoms with E-state index in [1.54, 1.807) is 0 Å². The number of nitrogens with one attached hydrogen (secondary N) is 1. The molecule has 0 aliphatic rings. The van der Waals surface area contributed by atoms with Gasteiger partial charge in [0.25, 0.3) is 0 Å². The molecule has 5 heteroatoms. The van der Waals surface area contributed by atoms with E-state index in [-0.39, 0.29) is 5.54 Å². The SMILES string of the molecule is Cc1nn(-c2ccc(CNC(C)(C)C)c(Cl)c2)c(C)c1Cl. The third kappa shape index (κ3) is 3.79. The normalized spacial score (nSPS) is 12.0. The van der Waals surface area contributed by atoms with Crippen LogP contribution in [0.5, 0.6) is 0 Å². The Morgan fingerprint density at radius 1 is 1.19 bits per heavy atom. The predicted molar refractivity (Wildman–Crippen MR) is 89.7 cm³/mol. The number of hydrogen-bond donors (Lipinski definition) is 1. The van der Waals surface area contributed by atoms with Gasteiger partial charge in [-0.1, -0.05) is 29.3 Å². The van der Waals surface area contributed by atoms with Crippen LogP contribution in [0.15, 0.2) is 18.2 Å². The van der Waals surface area contributed by atoms with Gasteiger partial charge in [-0.3, -0.25) is 0 Å². The molecule has 1 aromatic heterocycles. The molecule has 3 nitrogen and oxygen atoms in total. The summed E-state index contributed by atoms with van der Waals surface area (Å²) in [5, 5.41) is 9.31. The van der Waals surface area contributed by atoms with Crippen LogP contribution in [0, 0.1) is 13.8 Å². The zero-order valence-electron chi connectivity index (χ0n) is 13.1. The standard InChI is InChI=1S/C16H21Cl2N3/c1-10-15(18)11(2)21(20-10)13-7-6-12(14(17)8-13)9-19-16(3,4)5/h6-8,19H,9H2,1-5H3. The Kier molecular flexibility index (Phi) is 4.66. The van der Waals surface area contributed by atoms with Crippen LogP contribution >= 0.6 is 23.2 Å². The van der Waals surface area contributed by atoms with Gasteiger partial charge >= 0.3 is 0 Å². The maximum atomic E-state index is 6.39. The zero-order chi connectivity index (χ0) is 15.8. The van der Waals surface area contributed by atoms with Crippen molar-refractivity contribution in [2.45, 2.75) is 46.7 Å². The molecule has 114 valence electrons. The fourth-order valence-corrected chi connectivity index (χ4v) is 2.41. The molecule has 2 aromatic rings. The molecule has 0 aliphatic heterocycles. The van der Waals surface area contributed by atoms with Gasteiger partial charge in [-0.25, -0.2) is 4.68 Å². The van der Waals surface area contributed by atoms with Gasteiger partial charge in [-0.2, -0.15) is 5.10 Å². The Hall–Kier alpha value is -1.03. The Morgan fingerprint density at radius 3 is 2.33 bits per heavy atom. The highest BCUT2D eigenvalue weighted by Crippen LogP contribution is 2.25. The van der Waals surface area contributed by atoms with Crippen molar-refractivity contribution in [2.24, 2.45) is 0 Å². The zero-order valence-corrected chi connectivity index (χ0v) is 14.6. The number of hydrogen-bond acceptors (Lipinski definition) is 2. The predicted octanol–water partition coefficient (Wildman–Crippen LogP) is 4.68. The Labute approximate surface area is 136 Å². The van der Waals surface area contributed by atoms with Crippen LogP contribution < -0.4 is 5.32 Å². The molecule has 1 aromatic carbocycles. The van der Waals surface area contributed by atoms with E-state index < -0.39 is 0 Å². The van der Waals surface area contributed by atoms with Crippen molar-refractivity contribution in [3.63, 3.8) is 0 Å². The summed E-state index contributed by atoms with van der Waals surface area (Å²) in [5.41, 5.74) is 3.80. The lowest BCUT2D eigenvalue weighted by Crippen LogP contribution is -2.35. The summed E-state index contributed by atoms with van der Waals surface area (Å²) in [5.74, 6) is 0. The van der Waals surface area contributed by atoms with Crippen molar-refractivity contribution in [3.8, 4) is 5.69 Å². The molecule has 0 bridgehead atoms. The first-order valence-corrected chi connectivity index (χ1v) is 7.70. The summed E-state index contributed by atoms with van der Waals surface area (Å²) in [6, 6.07) is 5.97. The maximum absolute atomic E-state index is 6.39. The Morgan fingerprint density at radius 2 is 1.86 bits per heavy atom. The number of halogens is 2. The lowest BCUT2D eigenvalue weighted by molar-refractivity contribution is 0.424. The van der Waals surface area contributed by atoms with Gasteiger partial charge in [-0.05, 0) is 52.3 Å². The second-order valence-corrected chi connectivity index (χ2v) is 7.06. The van der Waals surface area contributed by atoms with Gasteiger partial charge in [0.15, 0.2) is 0 Å². The first-order valence-electron chi connectivity index (χ1n) is 6.94. The molecule has 0 fully saturated rings. The first-order chi connectivity index (χ1) is 9.69. The van der Waals surface area contributed by atoms with E-state index in [9.17, 15) is 0 Å². The van der Waals surface area contributed by atoms with Gasteiger partial charge in [-0.15, -0.1) is 0 Å². The van der Waals surface area contributed by atoms with E-state index in [4.69, 9.17) is 23.2 Å². The van der Waals surface area contributed by atoms with Crippen LogP contribution in [0.1, 0.15) is 37.7 Å². The minimum Gasteiger partial charge on any atom is -0.308 e. The van der Waals surface area contributed by atoms with Gasteiger partial charge in [0.1, 0.15) is 0 Å². The second kappa shape index (κ2) is 5.99. The average Bonchev–Trinajstić information content (AvgIpc) is 2.64. The van der Waals surface area contributed by atoms with Crippen molar-refractivity contribution in [2.75, 3.05) is 0 Å². The fourth-order valence-electron chi connectivity index (χ4n) is 2.05. The van der Waals surface area contributed by atoms with E-state index in [0.29, 0.717) is 5.02 Å². The number of rotatable bonds is 3. The van der Waals surface area contributed by atoms with E-state index in [2.05, 4.69) is 31.2 Å². The number of nitrogens with zero attached hydrogens (tertiary/aromatic N) is 2. The lowest BCUT2D eigenvalue weighted by Gasteiger charge is -2.21. The van der Waals surface area contributed by atoms with E-state index >= 15 is 0 Å². The van der Waals surface area contributed by atoms with E-state index in [1.165, 1.54) is 0 Å². The van der Waals surface area contributed by atoms with Crippen LogP contribution in [0.2, 0.25) is 10.0 Å². The fraction of sp³-hybridized carbons (Fsp3) is 0.438. The molecule has 1 N–H and O–H groups in total. The highest BCUT2D eigenvalue weighted by molar-refractivity contribution is 6.32. The van der Waals surface area contributed by atoms with Crippen molar-refractivity contribution in [3.05, 3.63) is 45.2 Å². The quantitative estimate of drug-likeness (QED) is 0.887. The van der Waals surface area contributed by atoms with Crippen molar-refractivity contribution in [1.82, 2.24) is 15.1 Å². The molecule has 0 radical (unpaired) electrons. The summed E-state index contributed by atoms with van der Waals surface area (Å²) in [6.45, 7) is 11.0. The maximum Gasteiger partial charge on any atom is 0.0848 e. The molecule has 1 heterocycles. The number of benzene rings is 1. The van der Waals surface area contributed by atoms with Crippen molar-refractivity contribution >= 4 is 23.2 Å². The largest absolute Gasteiger partial charge is 0.308 e. The van der Waals surface area contributed by atoms with Crippen LogP contribution in [0.4, 0.5) is 0 Å². The topological polar surface area (TPSA) is 29.9 Å². The van der Waals surface area contributed by atoms with Crippen molar-refractivity contribution < 1.29 is 0 Å². The Balaban J connectivity index is 2.28. The summed E-state index contributed by atoms with van der Waals surface area (Å²) in [4.78, 5) is 0. The van der Waals surface area contributed by atoms with Crippen LogP contribution in [-0.4, -0.2) is 15.3 Å². The third-order valence-corrected chi connectivity index (χ3v) is 4.19. The van der Waals surface area contributed by atoms with Gasteiger partial charge in [0.2, 0.25) is 0 Å². The minimum atomic E-state index is 0.0607.